The largest absolute Gasteiger partial charge is 0.373 e. The van der Waals surface area contributed by atoms with E-state index in [1.54, 1.807) is 5.56 Å². The first-order valence-corrected chi connectivity index (χ1v) is 7.31. The second kappa shape index (κ2) is 5.41. The Bertz CT molecular complexity index is 400. The Hall–Kier alpha value is -0.860. The van der Waals surface area contributed by atoms with Crippen molar-refractivity contribution in [2.24, 2.45) is 5.92 Å². The number of hydrogen-bond donors (Lipinski definition) is 1. The molecule has 0 amide bonds. The Labute approximate surface area is 110 Å². The molecule has 2 nitrogen and oxygen atoms in total. The fourth-order valence-corrected chi connectivity index (χ4v) is 3.05. The molecular formula is C16H23NO. The summed E-state index contributed by atoms with van der Waals surface area (Å²) in [4.78, 5) is 0. The van der Waals surface area contributed by atoms with E-state index in [1.165, 1.54) is 24.8 Å². The molecule has 2 atom stereocenters. The molecule has 1 aromatic rings. The first-order chi connectivity index (χ1) is 8.90. The predicted octanol–water partition coefficient (Wildman–Crippen LogP) is 3.25. The number of rotatable bonds is 5. The summed E-state index contributed by atoms with van der Waals surface area (Å²) in [7, 11) is 0. The molecule has 2 aliphatic rings. The average Bonchev–Trinajstić information content (AvgIpc) is 3.15. The van der Waals surface area contributed by atoms with Crippen molar-refractivity contribution < 1.29 is 4.74 Å². The fourth-order valence-electron chi connectivity index (χ4n) is 3.05. The molecule has 0 aromatic heterocycles. The van der Waals surface area contributed by atoms with Crippen LogP contribution in [0.5, 0.6) is 0 Å². The highest BCUT2D eigenvalue weighted by atomic mass is 16.5. The zero-order valence-corrected chi connectivity index (χ0v) is 11.2. The predicted molar refractivity (Wildman–Crippen MR) is 73.8 cm³/mol. The molecule has 2 heteroatoms. The first kappa shape index (κ1) is 12.2. The monoisotopic (exact) mass is 245 g/mol. The summed E-state index contributed by atoms with van der Waals surface area (Å²) in [6, 6.07) is 8.92. The zero-order chi connectivity index (χ0) is 12.4. The van der Waals surface area contributed by atoms with Crippen LogP contribution in [-0.2, 0) is 4.74 Å². The summed E-state index contributed by atoms with van der Waals surface area (Å²) in [5.74, 6) is 1.45. The van der Waals surface area contributed by atoms with Crippen molar-refractivity contribution in [3.8, 4) is 0 Å². The van der Waals surface area contributed by atoms with Gasteiger partial charge in [0.2, 0.25) is 0 Å². The van der Waals surface area contributed by atoms with Crippen LogP contribution in [0.1, 0.15) is 49.3 Å². The second-order valence-electron chi connectivity index (χ2n) is 5.55. The summed E-state index contributed by atoms with van der Waals surface area (Å²) in [6.45, 7) is 5.22. The summed E-state index contributed by atoms with van der Waals surface area (Å²) >= 11 is 0. The molecule has 0 radical (unpaired) electrons. The van der Waals surface area contributed by atoms with Gasteiger partial charge in [-0.15, -0.1) is 0 Å². The maximum atomic E-state index is 6.03. The quantitative estimate of drug-likeness (QED) is 0.859. The third kappa shape index (κ3) is 2.45. The molecule has 1 aliphatic heterocycles. The zero-order valence-electron chi connectivity index (χ0n) is 11.2. The van der Waals surface area contributed by atoms with Gasteiger partial charge in [-0.05, 0) is 42.9 Å². The van der Waals surface area contributed by atoms with E-state index < -0.39 is 0 Å². The fraction of sp³-hybridized carbons (Fsp3) is 0.625. The molecule has 1 aliphatic carbocycles. The van der Waals surface area contributed by atoms with Crippen LogP contribution in [0, 0.1) is 5.92 Å². The SMILES string of the molecule is CCNCC1CCOC1c1ccccc1C1CC1. The molecule has 2 fully saturated rings. The van der Waals surface area contributed by atoms with Gasteiger partial charge in [-0.2, -0.15) is 0 Å². The maximum Gasteiger partial charge on any atom is 0.0868 e. The Kier molecular flexibility index (Phi) is 3.67. The van der Waals surface area contributed by atoms with Crippen LogP contribution < -0.4 is 5.32 Å². The minimum Gasteiger partial charge on any atom is -0.373 e. The van der Waals surface area contributed by atoms with Gasteiger partial charge in [0.15, 0.2) is 0 Å². The van der Waals surface area contributed by atoms with Crippen LogP contribution in [0.3, 0.4) is 0 Å². The van der Waals surface area contributed by atoms with Crippen molar-refractivity contribution in [2.45, 2.75) is 38.2 Å². The van der Waals surface area contributed by atoms with Gasteiger partial charge in [-0.1, -0.05) is 31.2 Å². The lowest BCUT2D eigenvalue weighted by Crippen LogP contribution is -2.25. The summed E-state index contributed by atoms with van der Waals surface area (Å²) in [6.07, 6.45) is 4.24. The highest BCUT2D eigenvalue weighted by Gasteiger charge is 2.34. The highest BCUT2D eigenvalue weighted by Crippen LogP contribution is 2.46. The lowest BCUT2D eigenvalue weighted by molar-refractivity contribution is 0.0899. The van der Waals surface area contributed by atoms with Crippen molar-refractivity contribution in [3.05, 3.63) is 35.4 Å². The molecule has 1 heterocycles. The average molecular weight is 245 g/mol. The van der Waals surface area contributed by atoms with E-state index in [0.717, 1.165) is 25.6 Å². The topological polar surface area (TPSA) is 21.3 Å². The standard InChI is InChI=1S/C16H23NO/c1-2-17-11-13-9-10-18-16(13)15-6-4-3-5-14(15)12-7-8-12/h3-6,12-13,16-17H,2,7-11H2,1H3. The molecule has 1 N–H and O–H groups in total. The Morgan fingerprint density at radius 3 is 2.67 bits per heavy atom. The van der Waals surface area contributed by atoms with Crippen LogP contribution >= 0.6 is 0 Å². The molecule has 18 heavy (non-hydrogen) atoms. The number of nitrogens with one attached hydrogen (secondary N) is 1. The minimum absolute atomic E-state index is 0.320. The smallest absolute Gasteiger partial charge is 0.0868 e. The lowest BCUT2D eigenvalue weighted by atomic mass is 9.90. The molecule has 0 bridgehead atoms. The lowest BCUT2D eigenvalue weighted by Gasteiger charge is -2.22. The summed E-state index contributed by atoms with van der Waals surface area (Å²) < 4.78 is 6.03. The van der Waals surface area contributed by atoms with Crippen LogP contribution in [0.2, 0.25) is 0 Å². The number of ether oxygens (including phenoxy) is 1. The van der Waals surface area contributed by atoms with E-state index in [4.69, 9.17) is 4.74 Å². The van der Waals surface area contributed by atoms with Crippen LogP contribution in [0.15, 0.2) is 24.3 Å². The molecular weight excluding hydrogens is 222 g/mol. The summed E-state index contributed by atoms with van der Waals surface area (Å²) in [5, 5.41) is 3.47. The highest BCUT2D eigenvalue weighted by molar-refractivity contribution is 5.35. The summed E-state index contributed by atoms with van der Waals surface area (Å²) in [5.41, 5.74) is 3.01. The van der Waals surface area contributed by atoms with Crippen molar-refractivity contribution >= 4 is 0 Å². The van der Waals surface area contributed by atoms with Gasteiger partial charge in [0.1, 0.15) is 0 Å². The van der Waals surface area contributed by atoms with Gasteiger partial charge in [-0.25, -0.2) is 0 Å². The van der Waals surface area contributed by atoms with E-state index in [1.807, 2.05) is 0 Å². The molecule has 3 rings (SSSR count). The van der Waals surface area contributed by atoms with E-state index in [2.05, 4.69) is 36.5 Å². The molecule has 1 saturated heterocycles. The Morgan fingerprint density at radius 2 is 1.94 bits per heavy atom. The van der Waals surface area contributed by atoms with Crippen molar-refractivity contribution in [1.82, 2.24) is 5.32 Å². The second-order valence-corrected chi connectivity index (χ2v) is 5.55. The molecule has 98 valence electrons. The van der Waals surface area contributed by atoms with Gasteiger partial charge in [0.05, 0.1) is 6.10 Å². The normalized spacial score (nSPS) is 27.6. The van der Waals surface area contributed by atoms with Crippen molar-refractivity contribution in [3.63, 3.8) is 0 Å². The van der Waals surface area contributed by atoms with Gasteiger partial charge in [-0.3, -0.25) is 0 Å². The number of benzene rings is 1. The maximum absolute atomic E-state index is 6.03. The van der Waals surface area contributed by atoms with Crippen molar-refractivity contribution in [1.29, 1.82) is 0 Å². The van der Waals surface area contributed by atoms with Crippen molar-refractivity contribution in [2.75, 3.05) is 19.7 Å². The van der Waals surface area contributed by atoms with Gasteiger partial charge < -0.3 is 10.1 Å². The molecule has 1 aromatic carbocycles. The Balaban J connectivity index is 1.80. The molecule has 1 saturated carbocycles. The molecule has 0 spiro atoms. The van der Waals surface area contributed by atoms with E-state index in [-0.39, 0.29) is 0 Å². The molecule has 2 unspecified atom stereocenters. The van der Waals surface area contributed by atoms with Crippen LogP contribution in [0.25, 0.3) is 0 Å². The van der Waals surface area contributed by atoms with E-state index in [9.17, 15) is 0 Å². The first-order valence-electron chi connectivity index (χ1n) is 7.31. The third-order valence-corrected chi connectivity index (χ3v) is 4.19. The third-order valence-electron chi connectivity index (χ3n) is 4.19. The minimum atomic E-state index is 0.320. The van der Waals surface area contributed by atoms with Gasteiger partial charge in [0.25, 0.3) is 0 Å². The Morgan fingerprint density at radius 1 is 1.17 bits per heavy atom. The van der Waals surface area contributed by atoms with Crippen LogP contribution in [0.4, 0.5) is 0 Å². The van der Waals surface area contributed by atoms with Gasteiger partial charge in [0, 0.05) is 19.1 Å². The van der Waals surface area contributed by atoms with Gasteiger partial charge >= 0.3 is 0 Å². The van der Waals surface area contributed by atoms with Crippen LogP contribution in [-0.4, -0.2) is 19.7 Å². The number of hydrogen-bond acceptors (Lipinski definition) is 2. The van der Waals surface area contributed by atoms with E-state index >= 15 is 0 Å². The van der Waals surface area contributed by atoms with E-state index in [0.29, 0.717) is 12.0 Å².